The van der Waals surface area contributed by atoms with Crippen LogP contribution in [0.1, 0.15) is 75.1 Å². The lowest BCUT2D eigenvalue weighted by Crippen LogP contribution is -2.00. The highest BCUT2D eigenvalue weighted by Gasteiger charge is 2.11. The third-order valence-electron chi connectivity index (χ3n) is 3.51. The van der Waals surface area contributed by atoms with Gasteiger partial charge in [0.15, 0.2) is 5.78 Å². The van der Waals surface area contributed by atoms with E-state index in [1.54, 1.807) is 6.07 Å². The Kier molecular flexibility index (Phi) is 9.21. The third-order valence-corrected chi connectivity index (χ3v) is 4.81. The lowest BCUT2D eigenvalue weighted by molar-refractivity contribution is 0.0979. The van der Waals surface area contributed by atoms with Crippen molar-refractivity contribution in [2.24, 2.45) is 0 Å². The molecule has 0 aliphatic rings. The van der Waals surface area contributed by atoms with Crippen molar-refractivity contribution in [2.75, 3.05) is 0 Å². The second-order valence-corrected chi connectivity index (χ2v) is 6.48. The Morgan fingerprint density at radius 1 is 1.05 bits per heavy atom. The number of rotatable bonds is 10. The lowest BCUT2D eigenvalue weighted by atomic mass is 10.0. The Hall–Kier alpha value is -0.340. The van der Waals surface area contributed by atoms with Gasteiger partial charge in [-0.1, -0.05) is 69.5 Å². The SMILES string of the molecule is CCCCCCCCCCC(=O)c1cccc(Br)c1Cl. The number of Topliss-reactive ketones (excluding diaryl/α,β-unsaturated/α-hetero) is 1. The summed E-state index contributed by atoms with van der Waals surface area (Å²) in [6.45, 7) is 2.23. The van der Waals surface area contributed by atoms with E-state index in [0.29, 0.717) is 17.0 Å². The van der Waals surface area contributed by atoms with E-state index < -0.39 is 0 Å². The predicted octanol–water partition coefficient (Wildman–Crippen LogP) is 6.82. The van der Waals surface area contributed by atoms with Crippen molar-refractivity contribution in [3.05, 3.63) is 33.3 Å². The van der Waals surface area contributed by atoms with Crippen LogP contribution >= 0.6 is 27.5 Å². The molecule has 0 radical (unpaired) electrons. The second kappa shape index (κ2) is 10.4. The smallest absolute Gasteiger partial charge is 0.164 e. The molecular formula is C17H24BrClO. The molecule has 0 spiro atoms. The first-order valence-corrected chi connectivity index (χ1v) is 8.81. The zero-order chi connectivity index (χ0) is 14.8. The van der Waals surface area contributed by atoms with Gasteiger partial charge in [0.2, 0.25) is 0 Å². The van der Waals surface area contributed by atoms with E-state index in [2.05, 4.69) is 22.9 Å². The van der Waals surface area contributed by atoms with Crippen molar-refractivity contribution < 1.29 is 4.79 Å². The molecule has 0 N–H and O–H groups in total. The quantitative estimate of drug-likeness (QED) is 0.331. The van der Waals surface area contributed by atoms with Crippen LogP contribution in [0, 0.1) is 0 Å². The Morgan fingerprint density at radius 2 is 1.65 bits per heavy atom. The van der Waals surface area contributed by atoms with Crippen LogP contribution in [0.15, 0.2) is 22.7 Å². The number of hydrogen-bond acceptors (Lipinski definition) is 1. The summed E-state index contributed by atoms with van der Waals surface area (Å²) in [5.74, 6) is 0.155. The van der Waals surface area contributed by atoms with Crippen LogP contribution in [-0.2, 0) is 0 Å². The molecular weight excluding hydrogens is 336 g/mol. The van der Waals surface area contributed by atoms with Crippen LogP contribution in [-0.4, -0.2) is 5.78 Å². The summed E-state index contributed by atoms with van der Waals surface area (Å²) in [5, 5.41) is 0.539. The number of carbonyl (C=O) groups is 1. The van der Waals surface area contributed by atoms with Gasteiger partial charge >= 0.3 is 0 Å². The van der Waals surface area contributed by atoms with Crippen molar-refractivity contribution >= 4 is 33.3 Å². The van der Waals surface area contributed by atoms with Gasteiger partial charge in [-0.25, -0.2) is 0 Å². The normalized spacial score (nSPS) is 10.8. The van der Waals surface area contributed by atoms with Crippen LogP contribution in [0.2, 0.25) is 5.02 Å². The zero-order valence-corrected chi connectivity index (χ0v) is 14.6. The first kappa shape index (κ1) is 17.7. The Labute approximate surface area is 136 Å². The molecule has 1 aromatic rings. The van der Waals surface area contributed by atoms with Crippen LogP contribution in [0.3, 0.4) is 0 Å². The number of carbonyl (C=O) groups excluding carboxylic acids is 1. The standard InChI is InChI=1S/C17H24BrClO/c1-2-3-4-5-6-7-8-9-13-16(20)14-11-10-12-15(18)17(14)19/h10-12H,2-9,13H2,1H3. The molecule has 0 aliphatic carbocycles. The van der Waals surface area contributed by atoms with Crippen LogP contribution in [0.25, 0.3) is 0 Å². The molecule has 0 fully saturated rings. The molecule has 0 saturated carbocycles. The zero-order valence-electron chi connectivity index (χ0n) is 12.3. The van der Waals surface area contributed by atoms with E-state index in [1.165, 1.54) is 38.5 Å². The molecule has 0 heterocycles. The number of hydrogen-bond donors (Lipinski definition) is 0. The fraction of sp³-hybridized carbons (Fsp3) is 0.588. The average molecular weight is 360 g/mol. The first-order valence-electron chi connectivity index (χ1n) is 7.64. The summed E-state index contributed by atoms with van der Waals surface area (Å²) in [6.07, 6.45) is 10.6. The molecule has 1 rings (SSSR count). The monoisotopic (exact) mass is 358 g/mol. The summed E-state index contributed by atoms with van der Waals surface area (Å²) < 4.78 is 0.793. The van der Waals surface area contributed by atoms with E-state index in [1.807, 2.05) is 12.1 Å². The van der Waals surface area contributed by atoms with Gasteiger partial charge in [0.05, 0.1) is 5.02 Å². The topological polar surface area (TPSA) is 17.1 Å². The highest BCUT2D eigenvalue weighted by molar-refractivity contribution is 9.10. The molecule has 1 nitrogen and oxygen atoms in total. The number of ketones is 1. The molecule has 0 amide bonds. The predicted molar refractivity (Wildman–Crippen MR) is 90.7 cm³/mol. The maximum atomic E-state index is 12.1. The average Bonchev–Trinajstić information content (AvgIpc) is 2.44. The van der Waals surface area contributed by atoms with Crippen molar-refractivity contribution in [1.82, 2.24) is 0 Å². The minimum atomic E-state index is 0.155. The van der Waals surface area contributed by atoms with Crippen molar-refractivity contribution in [2.45, 2.75) is 64.7 Å². The fourth-order valence-electron chi connectivity index (χ4n) is 2.27. The molecule has 0 bridgehead atoms. The Bertz CT molecular complexity index is 417. The summed E-state index contributed by atoms with van der Waals surface area (Å²) in [5.41, 5.74) is 0.643. The van der Waals surface area contributed by atoms with E-state index in [-0.39, 0.29) is 5.78 Å². The van der Waals surface area contributed by atoms with Gasteiger partial charge in [0.1, 0.15) is 0 Å². The maximum Gasteiger partial charge on any atom is 0.164 e. The van der Waals surface area contributed by atoms with E-state index in [4.69, 9.17) is 11.6 Å². The van der Waals surface area contributed by atoms with Crippen molar-refractivity contribution in [1.29, 1.82) is 0 Å². The Balaban J connectivity index is 2.19. The summed E-state index contributed by atoms with van der Waals surface area (Å²) in [4.78, 5) is 12.1. The first-order chi connectivity index (χ1) is 9.66. The molecule has 20 heavy (non-hydrogen) atoms. The third kappa shape index (κ3) is 6.41. The summed E-state index contributed by atoms with van der Waals surface area (Å²) in [6, 6.07) is 5.52. The minimum absolute atomic E-state index is 0.155. The van der Waals surface area contributed by atoms with Gasteiger partial charge < -0.3 is 0 Å². The molecule has 0 aliphatic heterocycles. The van der Waals surface area contributed by atoms with Crippen LogP contribution in [0.4, 0.5) is 0 Å². The summed E-state index contributed by atoms with van der Waals surface area (Å²) >= 11 is 9.48. The summed E-state index contributed by atoms with van der Waals surface area (Å²) in [7, 11) is 0. The molecule has 0 atom stereocenters. The van der Waals surface area contributed by atoms with E-state index >= 15 is 0 Å². The van der Waals surface area contributed by atoms with E-state index in [9.17, 15) is 4.79 Å². The lowest BCUT2D eigenvalue weighted by Gasteiger charge is -2.05. The minimum Gasteiger partial charge on any atom is -0.294 e. The Morgan fingerprint density at radius 3 is 2.30 bits per heavy atom. The van der Waals surface area contributed by atoms with Gasteiger partial charge in [-0.15, -0.1) is 0 Å². The van der Waals surface area contributed by atoms with Crippen molar-refractivity contribution in [3.63, 3.8) is 0 Å². The largest absolute Gasteiger partial charge is 0.294 e. The fourth-order valence-corrected chi connectivity index (χ4v) is 2.87. The number of unbranched alkanes of at least 4 members (excludes halogenated alkanes) is 7. The maximum absolute atomic E-state index is 12.1. The molecule has 0 unspecified atom stereocenters. The van der Waals surface area contributed by atoms with Crippen LogP contribution in [0.5, 0.6) is 0 Å². The molecule has 1 aromatic carbocycles. The highest BCUT2D eigenvalue weighted by Crippen LogP contribution is 2.27. The van der Waals surface area contributed by atoms with E-state index in [0.717, 1.165) is 17.3 Å². The van der Waals surface area contributed by atoms with Gasteiger partial charge in [-0.2, -0.15) is 0 Å². The van der Waals surface area contributed by atoms with Crippen molar-refractivity contribution in [3.8, 4) is 0 Å². The molecule has 0 saturated heterocycles. The highest BCUT2D eigenvalue weighted by atomic mass is 79.9. The van der Waals surface area contributed by atoms with Gasteiger partial charge in [0.25, 0.3) is 0 Å². The van der Waals surface area contributed by atoms with Gasteiger partial charge in [-0.3, -0.25) is 4.79 Å². The number of benzene rings is 1. The number of halogens is 2. The molecule has 3 heteroatoms. The van der Waals surface area contributed by atoms with Crippen LogP contribution < -0.4 is 0 Å². The molecule has 112 valence electrons. The second-order valence-electron chi connectivity index (χ2n) is 5.25. The van der Waals surface area contributed by atoms with Gasteiger partial charge in [0, 0.05) is 16.5 Å². The molecule has 0 aromatic heterocycles. The van der Waals surface area contributed by atoms with Gasteiger partial charge in [-0.05, 0) is 34.5 Å².